The van der Waals surface area contributed by atoms with E-state index < -0.39 is 17.4 Å². The van der Waals surface area contributed by atoms with Crippen molar-refractivity contribution in [3.8, 4) is 5.75 Å². The lowest BCUT2D eigenvalue weighted by atomic mass is 9.79. The molecule has 0 radical (unpaired) electrons. The first-order valence-electron chi connectivity index (χ1n) is 8.26. The van der Waals surface area contributed by atoms with Crippen molar-refractivity contribution in [2.24, 2.45) is 11.7 Å². The molecule has 2 aliphatic rings. The number of carbonyl (C=O) groups excluding carboxylic acids is 2. The van der Waals surface area contributed by atoms with Gasteiger partial charge in [0.25, 0.3) is 0 Å². The molecule has 1 saturated heterocycles. The molecule has 1 fully saturated rings. The molecule has 0 bridgehead atoms. The van der Waals surface area contributed by atoms with Crippen LogP contribution in [-0.4, -0.2) is 23.0 Å². The van der Waals surface area contributed by atoms with Gasteiger partial charge in [0.15, 0.2) is 0 Å². The van der Waals surface area contributed by atoms with Crippen molar-refractivity contribution in [3.05, 3.63) is 59.7 Å². The van der Waals surface area contributed by atoms with Gasteiger partial charge in [0.05, 0.1) is 5.92 Å². The molecule has 5 N–H and O–H groups in total. The van der Waals surface area contributed by atoms with Crippen molar-refractivity contribution in [1.82, 2.24) is 5.32 Å². The van der Waals surface area contributed by atoms with E-state index in [1.165, 1.54) is 0 Å². The van der Waals surface area contributed by atoms with E-state index in [-0.39, 0.29) is 17.7 Å². The summed E-state index contributed by atoms with van der Waals surface area (Å²) < 4.78 is 0. The topological polar surface area (TPSA) is 104 Å². The first kappa shape index (κ1) is 15.7. The van der Waals surface area contributed by atoms with Gasteiger partial charge in [0.2, 0.25) is 11.8 Å². The van der Waals surface area contributed by atoms with Crippen molar-refractivity contribution in [3.63, 3.8) is 0 Å². The molecule has 1 spiro atoms. The summed E-state index contributed by atoms with van der Waals surface area (Å²) in [4.78, 5) is 24.9. The van der Waals surface area contributed by atoms with Crippen LogP contribution in [0.4, 0.5) is 5.69 Å². The molecule has 6 nitrogen and oxygen atoms in total. The van der Waals surface area contributed by atoms with E-state index in [0.29, 0.717) is 12.8 Å². The molecule has 3 atom stereocenters. The highest BCUT2D eigenvalue weighted by atomic mass is 16.3. The van der Waals surface area contributed by atoms with Gasteiger partial charge >= 0.3 is 0 Å². The van der Waals surface area contributed by atoms with Crippen LogP contribution in [0.5, 0.6) is 5.75 Å². The number of amides is 2. The fraction of sp³-hybridized carbons (Fsp3) is 0.263. The normalized spacial score (nSPS) is 27.3. The molecule has 128 valence electrons. The van der Waals surface area contributed by atoms with Gasteiger partial charge in [-0.15, -0.1) is 0 Å². The van der Waals surface area contributed by atoms with Crippen LogP contribution in [0, 0.1) is 5.92 Å². The van der Waals surface area contributed by atoms with Crippen LogP contribution in [0.1, 0.15) is 17.5 Å². The quantitative estimate of drug-likeness (QED) is 0.676. The second kappa shape index (κ2) is 5.60. The van der Waals surface area contributed by atoms with Crippen LogP contribution in [0.15, 0.2) is 48.5 Å². The van der Waals surface area contributed by atoms with Crippen LogP contribution in [0.25, 0.3) is 0 Å². The second-order valence-corrected chi connectivity index (χ2v) is 6.71. The van der Waals surface area contributed by atoms with Gasteiger partial charge < -0.3 is 16.2 Å². The lowest BCUT2D eigenvalue weighted by molar-refractivity contribution is -0.131. The Kier molecular flexibility index (Phi) is 3.51. The summed E-state index contributed by atoms with van der Waals surface area (Å²) in [5.41, 5.74) is 7.06. The molecule has 25 heavy (non-hydrogen) atoms. The third-order valence-corrected chi connectivity index (χ3v) is 5.19. The number of nitrogens with one attached hydrogen (secondary N) is 2. The summed E-state index contributed by atoms with van der Waals surface area (Å²) in [6.45, 7) is 0. The van der Waals surface area contributed by atoms with Crippen molar-refractivity contribution >= 4 is 17.5 Å². The van der Waals surface area contributed by atoms with Crippen molar-refractivity contribution in [2.75, 3.05) is 5.32 Å². The predicted molar refractivity (Wildman–Crippen MR) is 92.8 cm³/mol. The average Bonchev–Trinajstić information content (AvgIpc) is 3.10. The number of hydrogen-bond donors (Lipinski definition) is 4. The first-order valence-corrected chi connectivity index (χ1v) is 8.26. The molecule has 2 aromatic rings. The van der Waals surface area contributed by atoms with E-state index in [1.807, 2.05) is 36.4 Å². The maximum Gasteiger partial charge on any atom is 0.250 e. The summed E-state index contributed by atoms with van der Waals surface area (Å²) in [7, 11) is 0. The van der Waals surface area contributed by atoms with E-state index in [1.54, 1.807) is 12.1 Å². The molecule has 2 aromatic carbocycles. The Balaban J connectivity index is 1.69. The predicted octanol–water partition coefficient (Wildman–Crippen LogP) is 1.25. The fourth-order valence-corrected chi connectivity index (χ4v) is 4.09. The minimum Gasteiger partial charge on any atom is -0.508 e. The monoisotopic (exact) mass is 337 g/mol. The van der Waals surface area contributed by atoms with Crippen molar-refractivity contribution in [2.45, 2.75) is 24.4 Å². The molecule has 0 unspecified atom stereocenters. The number of benzene rings is 2. The molecule has 2 amide bonds. The summed E-state index contributed by atoms with van der Waals surface area (Å²) in [6.07, 6.45) is 1.12. The number of primary amides is 1. The molecular weight excluding hydrogens is 318 g/mol. The number of phenols is 1. The molecule has 2 heterocycles. The van der Waals surface area contributed by atoms with Gasteiger partial charge in [0, 0.05) is 17.3 Å². The zero-order chi connectivity index (χ0) is 17.6. The van der Waals surface area contributed by atoms with Gasteiger partial charge in [-0.05, 0) is 36.6 Å². The highest BCUT2D eigenvalue weighted by Gasteiger charge is 2.59. The summed E-state index contributed by atoms with van der Waals surface area (Å²) in [6, 6.07) is 14.3. The van der Waals surface area contributed by atoms with E-state index in [2.05, 4.69) is 10.6 Å². The molecular formula is C19H19N3O3. The molecule has 4 rings (SSSR count). The minimum absolute atomic E-state index is 0.0704. The number of rotatable bonds is 3. The maximum absolute atomic E-state index is 12.8. The molecule has 0 saturated carbocycles. The highest BCUT2D eigenvalue weighted by molar-refractivity contribution is 6.09. The molecule has 0 aromatic heterocycles. The number of aromatic hydroxyl groups is 1. The Bertz CT molecular complexity index is 849. The minimum atomic E-state index is -1.11. The summed E-state index contributed by atoms with van der Waals surface area (Å²) in [5.74, 6) is -1.12. The third-order valence-electron chi connectivity index (χ3n) is 5.19. The number of anilines is 1. The van der Waals surface area contributed by atoms with Gasteiger partial charge in [-0.2, -0.15) is 0 Å². The van der Waals surface area contributed by atoms with Crippen molar-refractivity contribution < 1.29 is 14.7 Å². The van der Waals surface area contributed by atoms with E-state index in [4.69, 9.17) is 5.73 Å². The van der Waals surface area contributed by atoms with Gasteiger partial charge in [-0.3, -0.25) is 14.9 Å². The van der Waals surface area contributed by atoms with E-state index >= 15 is 0 Å². The lowest BCUT2D eigenvalue weighted by Crippen LogP contribution is -2.52. The zero-order valence-electron chi connectivity index (χ0n) is 13.5. The average molecular weight is 337 g/mol. The van der Waals surface area contributed by atoms with Crippen LogP contribution < -0.4 is 16.4 Å². The Hall–Kier alpha value is -2.86. The largest absolute Gasteiger partial charge is 0.508 e. The third kappa shape index (κ3) is 2.37. The zero-order valence-corrected chi connectivity index (χ0v) is 13.5. The van der Waals surface area contributed by atoms with Crippen LogP contribution in [-0.2, 0) is 21.5 Å². The summed E-state index contributed by atoms with van der Waals surface area (Å²) in [5, 5.41) is 15.7. The van der Waals surface area contributed by atoms with Gasteiger partial charge in [0.1, 0.15) is 11.3 Å². The number of hydrogen-bond acceptors (Lipinski definition) is 4. The van der Waals surface area contributed by atoms with Gasteiger partial charge in [-0.25, -0.2) is 0 Å². The summed E-state index contributed by atoms with van der Waals surface area (Å²) >= 11 is 0. The fourth-order valence-electron chi connectivity index (χ4n) is 4.09. The molecule has 6 heteroatoms. The Morgan fingerprint density at radius 2 is 1.92 bits per heavy atom. The number of nitrogens with two attached hydrogens (primary N) is 1. The van der Waals surface area contributed by atoms with Crippen molar-refractivity contribution in [1.29, 1.82) is 0 Å². The van der Waals surface area contributed by atoms with E-state index in [0.717, 1.165) is 16.8 Å². The lowest BCUT2D eigenvalue weighted by Gasteiger charge is -2.28. The standard InChI is InChI=1S/C19H19N3O3/c20-17(24)15-10-12(9-11-5-7-13(23)8-6-11)22-19(15)14-3-1-2-4-16(14)21-18(19)25/h1-8,12,15,22-23H,9-10H2,(H2,20,24)(H,21,25)/t12-,15-,19-/m0/s1. The highest BCUT2D eigenvalue weighted by Crippen LogP contribution is 2.47. The van der Waals surface area contributed by atoms with E-state index in [9.17, 15) is 14.7 Å². The Morgan fingerprint density at radius 1 is 1.20 bits per heavy atom. The van der Waals surface area contributed by atoms with Crippen LogP contribution >= 0.6 is 0 Å². The first-order chi connectivity index (χ1) is 12.0. The SMILES string of the molecule is NC(=O)[C@@H]1C[C@H](Cc2ccc(O)cc2)N[C@]12C(=O)Nc1ccccc12. The number of carbonyl (C=O) groups is 2. The second-order valence-electron chi connectivity index (χ2n) is 6.71. The Labute approximate surface area is 145 Å². The smallest absolute Gasteiger partial charge is 0.250 e. The van der Waals surface area contributed by atoms with Crippen LogP contribution in [0.2, 0.25) is 0 Å². The molecule has 2 aliphatic heterocycles. The van der Waals surface area contributed by atoms with Gasteiger partial charge in [-0.1, -0.05) is 30.3 Å². The van der Waals surface area contributed by atoms with Crippen LogP contribution in [0.3, 0.4) is 0 Å². The maximum atomic E-state index is 12.8. The number of fused-ring (bicyclic) bond motifs is 2. The number of phenolic OH excluding ortho intramolecular Hbond substituents is 1. The Morgan fingerprint density at radius 3 is 2.64 bits per heavy atom. The molecule has 0 aliphatic carbocycles. The number of para-hydroxylation sites is 1.